The first kappa shape index (κ1) is 22.3. The highest BCUT2D eigenvalue weighted by Crippen LogP contribution is 2.22. The molecule has 6 heteroatoms. The van der Waals surface area contributed by atoms with E-state index in [2.05, 4.69) is 23.3 Å². The van der Waals surface area contributed by atoms with Gasteiger partial charge in [-0.25, -0.2) is 0 Å². The molecular formula is C20H32O6. The van der Waals surface area contributed by atoms with E-state index in [9.17, 15) is 19.2 Å². The molecule has 0 N–H and O–H groups in total. The second-order valence-corrected chi connectivity index (χ2v) is 7.09. The van der Waals surface area contributed by atoms with Crippen molar-refractivity contribution in [2.24, 2.45) is 11.8 Å². The van der Waals surface area contributed by atoms with Gasteiger partial charge in [-0.3, -0.25) is 19.2 Å². The molecule has 0 saturated carbocycles. The van der Waals surface area contributed by atoms with Crippen LogP contribution in [0.2, 0.25) is 0 Å². The molecule has 2 heterocycles. The van der Waals surface area contributed by atoms with Gasteiger partial charge in [-0.2, -0.15) is 0 Å². The van der Waals surface area contributed by atoms with E-state index < -0.39 is 0 Å². The summed E-state index contributed by atoms with van der Waals surface area (Å²) >= 11 is 0. The van der Waals surface area contributed by atoms with Gasteiger partial charge in [-0.05, 0) is 12.8 Å². The fourth-order valence-electron chi connectivity index (χ4n) is 3.10. The molecule has 0 aliphatic carbocycles. The number of hydrogen-bond acceptors (Lipinski definition) is 6. The number of carbonyl (C=O) groups is 4. The second kappa shape index (κ2) is 12.6. The van der Waals surface area contributed by atoms with Crippen molar-refractivity contribution in [1.29, 1.82) is 0 Å². The Morgan fingerprint density at radius 1 is 0.654 bits per heavy atom. The lowest BCUT2D eigenvalue weighted by molar-refractivity contribution is -0.155. The average Bonchev–Trinajstić information content (AvgIpc) is 3.09. The van der Waals surface area contributed by atoms with E-state index in [4.69, 9.17) is 0 Å². The van der Waals surface area contributed by atoms with Crippen molar-refractivity contribution in [3.63, 3.8) is 0 Å². The summed E-state index contributed by atoms with van der Waals surface area (Å²) in [4.78, 5) is 43.3. The summed E-state index contributed by atoms with van der Waals surface area (Å²) in [5, 5.41) is 0. The van der Waals surface area contributed by atoms with Crippen LogP contribution in [0.3, 0.4) is 0 Å². The van der Waals surface area contributed by atoms with E-state index in [1.54, 1.807) is 0 Å². The van der Waals surface area contributed by atoms with Crippen LogP contribution in [0.1, 0.15) is 90.9 Å². The van der Waals surface area contributed by atoms with Crippen molar-refractivity contribution < 1.29 is 28.7 Å². The Bertz CT molecular complexity index is 485. The predicted octanol–water partition coefficient (Wildman–Crippen LogP) is 4.09. The summed E-state index contributed by atoms with van der Waals surface area (Å²) in [6.07, 6.45) is 11.5. The number of unbranched alkanes of at least 4 members (excludes halogenated alkanes) is 6. The quantitative estimate of drug-likeness (QED) is 0.328. The molecule has 0 spiro atoms. The maximum Gasteiger partial charge on any atom is 0.317 e. The lowest BCUT2D eigenvalue weighted by Gasteiger charge is -2.03. The SMILES string of the molecule is CCCCC1CC(=O)OC1=O.CCCCCCCCC1CC(=O)OC1=O. The van der Waals surface area contributed by atoms with Gasteiger partial charge in [0.25, 0.3) is 0 Å². The van der Waals surface area contributed by atoms with Crippen LogP contribution in [0.25, 0.3) is 0 Å². The zero-order chi connectivity index (χ0) is 19.4. The summed E-state index contributed by atoms with van der Waals surface area (Å²) in [7, 11) is 0. The molecule has 0 amide bonds. The van der Waals surface area contributed by atoms with Crippen LogP contribution in [0.4, 0.5) is 0 Å². The van der Waals surface area contributed by atoms with Crippen LogP contribution in [0.5, 0.6) is 0 Å². The van der Waals surface area contributed by atoms with Gasteiger partial charge in [-0.15, -0.1) is 0 Å². The molecule has 2 rings (SSSR count). The maximum absolute atomic E-state index is 11.1. The highest BCUT2D eigenvalue weighted by molar-refractivity contribution is 5.95. The third kappa shape index (κ3) is 8.59. The molecule has 0 aromatic heterocycles. The van der Waals surface area contributed by atoms with Crippen molar-refractivity contribution in [2.45, 2.75) is 90.9 Å². The number of ether oxygens (including phenoxy) is 2. The Labute approximate surface area is 156 Å². The molecule has 6 nitrogen and oxygen atoms in total. The molecule has 2 fully saturated rings. The highest BCUT2D eigenvalue weighted by Gasteiger charge is 2.33. The van der Waals surface area contributed by atoms with Gasteiger partial charge in [0.2, 0.25) is 0 Å². The Morgan fingerprint density at radius 3 is 1.50 bits per heavy atom. The average molecular weight is 368 g/mol. The van der Waals surface area contributed by atoms with Crippen LogP contribution in [-0.2, 0) is 28.7 Å². The molecular weight excluding hydrogens is 336 g/mol. The standard InChI is InChI=1S/C12H20O3.C8H12O3/c1-2-3-4-5-6-7-8-10-9-11(13)15-12(10)14;1-2-3-4-6-5-7(9)11-8(6)10/h10H,2-9H2,1H3;6H,2-5H2,1H3. The zero-order valence-corrected chi connectivity index (χ0v) is 16.1. The lowest BCUT2D eigenvalue weighted by Crippen LogP contribution is -2.06. The molecule has 2 unspecified atom stereocenters. The van der Waals surface area contributed by atoms with Gasteiger partial charge < -0.3 is 9.47 Å². The van der Waals surface area contributed by atoms with Gasteiger partial charge in [0.15, 0.2) is 0 Å². The summed E-state index contributed by atoms with van der Waals surface area (Å²) in [5.74, 6) is -1.66. The highest BCUT2D eigenvalue weighted by atomic mass is 16.6. The third-order valence-electron chi connectivity index (χ3n) is 4.73. The van der Waals surface area contributed by atoms with Gasteiger partial charge >= 0.3 is 23.9 Å². The van der Waals surface area contributed by atoms with Gasteiger partial charge in [0.1, 0.15) is 0 Å². The van der Waals surface area contributed by atoms with E-state index in [1.807, 2.05) is 0 Å². The van der Waals surface area contributed by atoms with Crippen LogP contribution in [-0.4, -0.2) is 23.9 Å². The molecule has 0 aromatic carbocycles. The number of esters is 4. The molecule has 2 aliphatic rings. The minimum Gasteiger partial charge on any atom is -0.393 e. The van der Waals surface area contributed by atoms with E-state index >= 15 is 0 Å². The summed E-state index contributed by atoms with van der Waals surface area (Å²) in [5.41, 5.74) is 0. The summed E-state index contributed by atoms with van der Waals surface area (Å²) in [6, 6.07) is 0. The molecule has 148 valence electrons. The molecule has 0 aromatic rings. The van der Waals surface area contributed by atoms with Crippen molar-refractivity contribution in [3.05, 3.63) is 0 Å². The number of hydrogen-bond donors (Lipinski definition) is 0. The van der Waals surface area contributed by atoms with Crippen LogP contribution < -0.4 is 0 Å². The monoisotopic (exact) mass is 368 g/mol. The predicted molar refractivity (Wildman–Crippen MR) is 95.9 cm³/mol. The normalized spacial score (nSPS) is 22.1. The fraction of sp³-hybridized carbons (Fsp3) is 0.800. The van der Waals surface area contributed by atoms with Gasteiger partial charge in [0.05, 0.1) is 24.7 Å². The molecule has 0 bridgehead atoms. The largest absolute Gasteiger partial charge is 0.393 e. The van der Waals surface area contributed by atoms with Crippen molar-refractivity contribution in [2.75, 3.05) is 0 Å². The molecule has 2 saturated heterocycles. The van der Waals surface area contributed by atoms with Crippen molar-refractivity contribution in [1.82, 2.24) is 0 Å². The molecule has 0 radical (unpaired) electrons. The molecule has 2 atom stereocenters. The van der Waals surface area contributed by atoms with Crippen molar-refractivity contribution >= 4 is 23.9 Å². The van der Waals surface area contributed by atoms with E-state index in [0.717, 1.165) is 38.5 Å². The first-order valence-electron chi connectivity index (χ1n) is 9.96. The molecule has 2 aliphatic heterocycles. The van der Waals surface area contributed by atoms with Crippen LogP contribution in [0, 0.1) is 11.8 Å². The van der Waals surface area contributed by atoms with E-state index in [1.165, 1.54) is 25.7 Å². The minimum absolute atomic E-state index is 0.149. The summed E-state index contributed by atoms with van der Waals surface area (Å²) in [6.45, 7) is 4.25. The Balaban J connectivity index is 0.000000273. The van der Waals surface area contributed by atoms with E-state index in [0.29, 0.717) is 12.8 Å². The second-order valence-electron chi connectivity index (χ2n) is 7.09. The Kier molecular flexibility index (Phi) is 10.8. The minimum atomic E-state index is -0.365. The number of carbonyl (C=O) groups excluding carboxylic acids is 4. The van der Waals surface area contributed by atoms with E-state index in [-0.39, 0.29) is 35.7 Å². The third-order valence-corrected chi connectivity index (χ3v) is 4.73. The van der Waals surface area contributed by atoms with Gasteiger partial charge in [0, 0.05) is 0 Å². The fourth-order valence-corrected chi connectivity index (χ4v) is 3.10. The smallest absolute Gasteiger partial charge is 0.317 e. The Morgan fingerprint density at radius 2 is 1.08 bits per heavy atom. The first-order chi connectivity index (χ1) is 12.5. The first-order valence-corrected chi connectivity index (χ1v) is 9.96. The lowest BCUT2D eigenvalue weighted by atomic mass is 9.99. The van der Waals surface area contributed by atoms with Gasteiger partial charge in [-0.1, -0.05) is 65.2 Å². The molecule has 26 heavy (non-hydrogen) atoms. The number of rotatable bonds is 10. The Hall–Kier alpha value is -1.72. The zero-order valence-electron chi connectivity index (χ0n) is 16.1. The topological polar surface area (TPSA) is 86.7 Å². The maximum atomic E-state index is 11.1. The van der Waals surface area contributed by atoms with Crippen LogP contribution in [0.15, 0.2) is 0 Å². The van der Waals surface area contributed by atoms with Crippen LogP contribution >= 0.6 is 0 Å². The number of cyclic esters (lactones) is 4. The van der Waals surface area contributed by atoms with Crippen molar-refractivity contribution in [3.8, 4) is 0 Å². The summed E-state index contributed by atoms with van der Waals surface area (Å²) < 4.78 is 8.88.